The molecule has 1 fully saturated rings. The number of benzene rings is 1. The molecule has 2 aromatic heterocycles. The first-order chi connectivity index (χ1) is 12.7. The van der Waals surface area contributed by atoms with Crippen LogP contribution in [0.5, 0.6) is 0 Å². The number of aromatic amines is 1. The zero-order valence-electron chi connectivity index (χ0n) is 14.1. The van der Waals surface area contributed by atoms with Crippen molar-refractivity contribution in [1.82, 2.24) is 19.9 Å². The summed E-state index contributed by atoms with van der Waals surface area (Å²) in [6.07, 6.45) is 6.61. The molecular formula is C20H18N4O2. The van der Waals surface area contributed by atoms with Crippen LogP contribution in [0.4, 0.5) is 0 Å². The van der Waals surface area contributed by atoms with Crippen LogP contribution in [0.15, 0.2) is 65.8 Å². The number of pyridine rings is 1. The highest BCUT2D eigenvalue weighted by Gasteiger charge is 2.31. The van der Waals surface area contributed by atoms with E-state index in [0.717, 1.165) is 24.0 Å². The number of hydrogen-bond donors (Lipinski definition) is 1. The Kier molecular flexibility index (Phi) is 4.31. The number of likely N-dealkylation sites (tertiary alicyclic amines) is 1. The number of rotatable bonds is 3. The average Bonchev–Trinajstić information content (AvgIpc) is 3.19. The van der Waals surface area contributed by atoms with Crippen LogP contribution in [0, 0.1) is 0 Å². The summed E-state index contributed by atoms with van der Waals surface area (Å²) in [5.74, 6) is 0.178. The topological polar surface area (TPSA) is 79.0 Å². The van der Waals surface area contributed by atoms with E-state index in [-0.39, 0.29) is 17.5 Å². The lowest BCUT2D eigenvalue weighted by Gasteiger charge is -2.24. The molecule has 0 radical (unpaired) electrons. The van der Waals surface area contributed by atoms with E-state index < -0.39 is 5.56 Å². The summed E-state index contributed by atoms with van der Waals surface area (Å²) in [7, 11) is 0. The first-order valence-electron chi connectivity index (χ1n) is 8.59. The summed E-state index contributed by atoms with van der Waals surface area (Å²) in [4.78, 5) is 38.2. The molecule has 130 valence electrons. The molecule has 1 saturated heterocycles. The third-order valence-electron chi connectivity index (χ3n) is 4.68. The van der Waals surface area contributed by atoms with Crippen LogP contribution >= 0.6 is 0 Å². The van der Waals surface area contributed by atoms with Gasteiger partial charge in [-0.05, 0) is 30.5 Å². The van der Waals surface area contributed by atoms with E-state index in [1.54, 1.807) is 17.3 Å². The Morgan fingerprint density at radius 3 is 2.62 bits per heavy atom. The Labute approximate surface area is 150 Å². The van der Waals surface area contributed by atoms with Gasteiger partial charge in [0.15, 0.2) is 0 Å². The highest BCUT2D eigenvalue weighted by molar-refractivity contribution is 5.94. The van der Waals surface area contributed by atoms with Crippen molar-refractivity contribution in [2.75, 3.05) is 6.54 Å². The normalized spacial score (nSPS) is 16.6. The number of carbonyl (C=O) groups excluding carboxylic acids is 1. The third-order valence-corrected chi connectivity index (χ3v) is 4.68. The maximum absolute atomic E-state index is 12.9. The first kappa shape index (κ1) is 16.2. The second-order valence-corrected chi connectivity index (χ2v) is 6.28. The minimum Gasteiger partial charge on any atom is -0.331 e. The van der Waals surface area contributed by atoms with Crippen LogP contribution in [-0.2, 0) is 0 Å². The van der Waals surface area contributed by atoms with Crippen LogP contribution in [0.2, 0.25) is 0 Å². The fraction of sp³-hybridized carbons (Fsp3) is 0.200. The van der Waals surface area contributed by atoms with Crippen LogP contribution in [0.1, 0.15) is 34.8 Å². The van der Waals surface area contributed by atoms with E-state index in [2.05, 4.69) is 15.0 Å². The Balaban J connectivity index is 1.63. The molecule has 3 aromatic rings. The molecule has 1 N–H and O–H groups in total. The monoisotopic (exact) mass is 346 g/mol. The van der Waals surface area contributed by atoms with Gasteiger partial charge in [0.25, 0.3) is 11.5 Å². The molecule has 6 nitrogen and oxygen atoms in total. The first-order valence-corrected chi connectivity index (χ1v) is 8.59. The maximum atomic E-state index is 12.9. The van der Waals surface area contributed by atoms with E-state index in [1.165, 1.54) is 6.20 Å². The van der Waals surface area contributed by atoms with Gasteiger partial charge in [-0.15, -0.1) is 0 Å². The van der Waals surface area contributed by atoms with Gasteiger partial charge in [-0.1, -0.05) is 30.3 Å². The summed E-state index contributed by atoms with van der Waals surface area (Å²) in [6, 6.07) is 13.2. The van der Waals surface area contributed by atoms with Crippen molar-refractivity contribution < 1.29 is 4.79 Å². The van der Waals surface area contributed by atoms with E-state index in [4.69, 9.17) is 0 Å². The van der Waals surface area contributed by atoms with Gasteiger partial charge in [0.1, 0.15) is 11.4 Å². The van der Waals surface area contributed by atoms with Crippen molar-refractivity contribution in [3.8, 4) is 11.4 Å². The highest BCUT2D eigenvalue weighted by atomic mass is 16.2. The van der Waals surface area contributed by atoms with Crippen LogP contribution in [-0.4, -0.2) is 32.3 Å². The Morgan fingerprint density at radius 2 is 1.88 bits per heavy atom. The molecule has 1 amide bonds. The SMILES string of the molecule is O=C(c1cnc(-c2ccccc2)[nH]c1=O)N1CCCC1c1ccncc1. The molecule has 1 aromatic carbocycles. The molecule has 1 unspecified atom stereocenters. The number of amides is 1. The molecule has 1 aliphatic heterocycles. The van der Waals surface area contributed by atoms with Crippen molar-refractivity contribution in [3.05, 3.63) is 82.5 Å². The van der Waals surface area contributed by atoms with Crippen LogP contribution < -0.4 is 5.56 Å². The molecule has 3 heterocycles. The fourth-order valence-corrected chi connectivity index (χ4v) is 3.39. The zero-order valence-corrected chi connectivity index (χ0v) is 14.1. The van der Waals surface area contributed by atoms with E-state index in [0.29, 0.717) is 12.4 Å². The molecule has 0 spiro atoms. The zero-order chi connectivity index (χ0) is 17.9. The molecule has 4 rings (SSSR count). The third kappa shape index (κ3) is 3.01. The van der Waals surface area contributed by atoms with Crippen molar-refractivity contribution >= 4 is 5.91 Å². The number of hydrogen-bond acceptors (Lipinski definition) is 4. The number of nitrogens with one attached hydrogen (secondary N) is 1. The Bertz CT molecular complexity index is 970. The van der Waals surface area contributed by atoms with Gasteiger partial charge in [0, 0.05) is 30.7 Å². The van der Waals surface area contributed by atoms with Gasteiger partial charge in [0.05, 0.1) is 6.04 Å². The van der Waals surface area contributed by atoms with E-state index in [1.807, 2.05) is 42.5 Å². The van der Waals surface area contributed by atoms with Gasteiger partial charge in [-0.3, -0.25) is 14.6 Å². The smallest absolute Gasteiger partial charge is 0.264 e. The maximum Gasteiger partial charge on any atom is 0.264 e. The van der Waals surface area contributed by atoms with Gasteiger partial charge in [0.2, 0.25) is 0 Å². The number of H-pyrrole nitrogens is 1. The number of carbonyl (C=O) groups is 1. The lowest BCUT2D eigenvalue weighted by Crippen LogP contribution is -2.34. The summed E-state index contributed by atoms with van der Waals surface area (Å²) >= 11 is 0. The largest absolute Gasteiger partial charge is 0.331 e. The molecule has 26 heavy (non-hydrogen) atoms. The molecule has 1 aliphatic rings. The van der Waals surface area contributed by atoms with E-state index in [9.17, 15) is 9.59 Å². The second kappa shape index (κ2) is 6.92. The minimum atomic E-state index is -0.413. The van der Waals surface area contributed by atoms with Crippen LogP contribution in [0.25, 0.3) is 11.4 Å². The predicted molar refractivity (Wildman–Crippen MR) is 97.5 cm³/mol. The summed E-state index contributed by atoms with van der Waals surface area (Å²) in [5, 5.41) is 0. The molecule has 0 bridgehead atoms. The Morgan fingerprint density at radius 1 is 1.12 bits per heavy atom. The lowest BCUT2D eigenvalue weighted by molar-refractivity contribution is 0.0733. The molecule has 0 aliphatic carbocycles. The fourth-order valence-electron chi connectivity index (χ4n) is 3.39. The summed E-state index contributed by atoms with van der Waals surface area (Å²) < 4.78 is 0. The van der Waals surface area contributed by atoms with Crippen molar-refractivity contribution in [2.45, 2.75) is 18.9 Å². The van der Waals surface area contributed by atoms with Gasteiger partial charge < -0.3 is 9.88 Å². The number of nitrogens with zero attached hydrogens (tertiary/aromatic N) is 3. The lowest BCUT2D eigenvalue weighted by atomic mass is 10.1. The molecule has 1 atom stereocenters. The average molecular weight is 346 g/mol. The Hall–Kier alpha value is -3.28. The quantitative estimate of drug-likeness (QED) is 0.791. The predicted octanol–water partition coefficient (Wildman–Crippen LogP) is 2.81. The minimum absolute atomic E-state index is 0.0290. The van der Waals surface area contributed by atoms with Crippen LogP contribution in [0.3, 0.4) is 0 Å². The highest BCUT2D eigenvalue weighted by Crippen LogP contribution is 2.32. The van der Waals surface area contributed by atoms with Crippen molar-refractivity contribution in [2.24, 2.45) is 0 Å². The summed E-state index contributed by atoms with van der Waals surface area (Å²) in [6.45, 7) is 0.631. The van der Waals surface area contributed by atoms with Gasteiger partial charge >= 0.3 is 0 Å². The molecular weight excluding hydrogens is 328 g/mol. The standard InChI is InChI=1S/C20H18N4O2/c25-19-16(13-22-18(23-19)15-5-2-1-3-6-15)20(26)24-12-4-7-17(24)14-8-10-21-11-9-14/h1-3,5-6,8-11,13,17H,4,7,12H2,(H,22,23,25). The van der Waals surface area contributed by atoms with E-state index >= 15 is 0 Å². The summed E-state index contributed by atoms with van der Waals surface area (Å²) in [5.41, 5.74) is 1.51. The van der Waals surface area contributed by atoms with Crippen molar-refractivity contribution in [3.63, 3.8) is 0 Å². The van der Waals surface area contributed by atoms with Gasteiger partial charge in [-0.25, -0.2) is 4.98 Å². The molecule has 6 heteroatoms. The van der Waals surface area contributed by atoms with Gasteiger partial charge in [-0.2, -0.15) is 0 Å². The second-order valence-electron chi connectivity index (χ2n) is 6.28. The van der Waals surface area contributed by atoms with Crippen molar-refractivity contribution in [1.29, 1.82) is 0 Å². The number of aromatic nitrogens is 3. The molecule has 0 saturated carbocycles.